The topological polar surface area (TPSA) is 86.8 Å². The number of fused-ring (bicyclic) bond motifs is 1. The van der Waals surface area contributed by atoms with Gasteiger partial charge in [0.1, 0.15) is 5.69 Å². The first-order valence-corrected chi connectivity index (χ1v) is 11.4. The molecular formula is C25H21F5N6O. The number of hydrogen-bond donors (Lipinski definition) is 2. The highest BCUT2D eigenvalue weighted by atomic mass is 19.4. The quantitative estimate of drug-likeness (QED) is 0.341. The summed E-state index contributed by atoms with van der Waals surface area (Å²) >= 11 is 0. The van der Waals surface area contributed by atoms with E-state index in [1.54, 1.807) is 24.5 Å². The molecule has 192 valence electrons. The van der Waals surface area contributed by atoms with E-state index in [-0.39, 0.29) is 24.2 Å². The smallest absolute Gasteiger partial charge is 0.320 e. The van der Waals surface area contributed by atoms with Gasteiger partial charge in [0.2, 0.25) is 0 Å². The van der Waals surface area contributed by atoms with Crippen LogP contribution in [0.5, 0.6) is 0 Å². The van der Waals surface area contributed by atoms with E-state index in [9.17, 15) is 26.7 Å². The lowest BCUT2D eigenvalue weighted by atomic mass is 10.0. The summed E-state index contributed by atoms with van der Waals surface area (Å²) in [5, 5.41) is 9.71. The lowest BCUT2D eigenvalue weighted by molar-refractivity contribution is -0.141. The van der Waals surface area contributed by atoms with Crippen LogP contribution in [0.15, 0.2) is 55.0 Å². The van der Waals surface area contributed by atoms with E-state index in [1.165, 1.54) is 6.07 Å². The van der Waals surface area contributed by atoms with E-state index in [0.717, 1.165) is 29.0 Å². The molecule has 0 unspecified atom stereocenters. The van der Waals surface area contributed by atoms with Gasteiger partial charge in [0.05, 0.1) is 5.52 Å². The minimum absolute atomic E-state index is 0.0144. The first kappa shape index (κ1) is 24.8. The number of pyridine rings is 2. The van der Waals surface area contributed by atoms with Gasteiger partial charge in [-0.25, -0.2) is 8.78 Å². The zero-order valence-electron chi connectivity index (χ0n) is 19.3. The maximum Gasteiger partial charge on any atom is 0.433 e. The molecule has 2 N–H and O–H groups in total. The Morgan fingerprint density at radius 1 is 1.05 bits per heavy atom. The highest BCUT2D eigenvalue weighted by Gasteiger charge is 2.34. The van der Waals surface area contributed by atoms with Gasteiger partial charge in [0, 0.05) is 67.7 Å². The highest BCUT2D eigenvalue weighted by molar-refractivity contribution is 6.11. The number of piperidine rings is 1. The molecule has 3 aromatic heterocycles. The number of amides is 1. The maximum atomic E-state index is 13.5. The van der Waals surface area contributed by atoms with E-state index in [2.05, 4.69) is 25.5 Å². The van der Waals surface area contributed by atoms with Crippen molar-refractivity contribution in [1.82, 2.24) is 25.1 Å². The predicted octanol–water partition coefficient (Wildman–Crippen LogP) is 5.52. The Labute approximate surface area is 207 Å². The van der Waals surface area contributed by atoms with E-state index in [0.29, 0.717) is 30.5 Å². The van der Waals surface area contributed by atoms with Crippen molar-refractivity contribution in [2.45, 2.75) is 31.5 Å². The molecule has 0 spiro atoms. The fraction of sp³-hybridized carbons (Fsp3) is 0.280. The summed E-state index contributed by atoms with van der Waals surface area (Å²) in [6, 6.07) is 9.22. The van der Waals surface area contributed by atoms with Crippen molar-refractivity contribution in [1.29, 1.82) is 0 Å². The standard InChI is InChI=1S/C25H21F5N6O/c26-24(27)4-7-36(8-5-24)14-15-9-17(13-31-12-15)16-1-2-20-19(10-16)22(35-34-20)23(37)33-18-3-6-32-21(11-18)25(28,29)30/h1-3,6,9-13H,4-5,7-8,14H2,(H,34,35)(H,32,33,37). The first-order chi connectivity index (χ1) is 17.6. The van der Waals surface area contributed by atoms with Crippen molar-refractivity contribution in [3.05, 3.63) is 71.9 Å². The van der Waals surface area contributed by atoms with Crippen LogP contribution in [0.25, 0.3) is 22.0 Å². The van der Waals surface area contributed by atoms with Crippen LogP contribution < -0.4 is 5.32 Å². The molecule has 4 aromatic rings. The molecule has 1 aliphatic rings. The summed E-state index contributed by atoms with van der Waals surface area (Å²) < 4.78 is 65.8. The molecule has 1 amide bonds. The predicted molar refractivity (Wildman–Crippen MR) is 126 cm³/mol. The number of aromatic nitrogens is 4. The van der Waals surface area contributed by atoms with Crippen LogP contribution in [-0.4, -0.2) is 50.0 Å². The number of halogens is 5. The summed E-state index contributed by atoms with van der Waals surface area (Å²) in [4.78, 5) is 22.4. The molecule has 1 fully saturated rings. The van der Waals surface area contributed by atoms with Crippen LogP contribution in [0.3, 0.4) is 0 Å². The van der Waals surface area contributed by atoms with Gasteiger partial charge in [-0.2, -0.15) is 18.3 Å². The Kier molecular flexibility index (Phi) is 6.36. The normalized spacial score (nSPS) is 16.1. The summed E-state index contributed by atoms with van der Waals surface area (Å²) in [5.74, 6) is -3.30. The Morgan fingerprint density at radius 3 is 2.59 bits per heavy atom. The monoisotopic (exact) mass is 516 g/mol. The molecular weight excluding hydrogens is 495 g/mol. The zero-order chi connectivity index (χ0) is 26.2. The van der Waals surface area contributed by atoms with Crippen LogP contribution in [0, 0.1) is 0 Å². The molecule has 0 saturated carbocycles. The average molecular weight is 516 g/mol. The number of H-pyrrole nitrogens is 1. The van der Waals surface area contributed by atoms with E-state index in [4.69, 9.17) is 0 Å². The summed E-state index contributed by atoms with van der Waals surface area (Å²) in [6.07, 6.45) is -0.664. The van der Waals surface area contributed by atoms with Crippen LogP contribution in [-0.2, 0) is 12.7 Å². The van der Waals surface area contributed by atoms with Crippen molar-refractivity contribution in [3.8, 4) is 11.1 Å². The molecule has 0 radical (unpaired) electrons. The maximum absolute atomic E-state index is 13.5. The van der Waals surface area contributed by atoms with Gasteiger partial charge in [0.25, 0.3) is 11.8 Å². The van der Waals surface area contributed by atoms with Crippen LogP contribution in [0.2, 0.25) is 0 Å². The molecule has 0 aliphatic carbocycles. The molecule has 1 aliphatic heterocycles. The fourth-order valence-electron chi connectivity index (χ4n) is 4.25. The van der Waals surface area contributed by atoms with E-state index < -0.39 is 23.7 Å². The van der Waals surface area contributed by atoms with Crippen molar-refractivity contribution in [2.75, 3.05) is 18.4 Å². The van der Waals surface area contributed by atoms with Gasteiger partial charge in [-0.15, -0.1) is 0 Å². The Hall–Kier alpha value is -3.93. The highest BCUT2D eigenvalue weighted by Crippen LogP contribution is 2.31. The lowest BCUT2D eigenvalue weighted by Gasteiger charge is -2.31. The minimum Gasteiger partial charge on any atom is -0.320 e. The van der Waals surface area contributed by atoms with Crippen molar-refractivity contribution >= 4 is 22.5 Å². The molecule has 0 bridgehead atoms. The second-order valence-electron chi connectivity index (χ2n) is 8.93. The third-order valence-electron chi connectivity index (χ3n) is 6.21. The molecule has 12 heteroatoms. The summed E-state index contributed by atoms with van der Waals surface area (Å²) in [7, 11) is 0. The Morgan fingerprint density at radius 2 is 1.84 bits per heavy atom. The SMILES string of the molecule is O=C(Nc1ccnc(C(F)(F)F)c1)c1n[nH]c2ccc(-c3cncc(CN4CCC(F)(F)CC4)c3)cc12. The van der Waals surface area contributed by atoms with E-state index >= 15 is 0 Å². The number of benzene rings is 1. The molecule has 7 nitrogen and oxygen atoms in total. The molecule has 4 heterocycles. The second kappa shape index (κ2) is 9.51. The molecule has 1 aromatic carbocycles. The van der Waals surface area contributed by atoms with Gasteiger partial charge in [0.15, 0.2) is 5.69 Å². The Balaban J connectivity index is 1.36. The van der Waals surface area contributed by atoms with Gasteiger partial charge in [-0.1, -0.05) is 6.07 Å². The van der Waals surface area contributed by atoms with Gasteiger partial charge < -0.3 is 5.32 Å². The number of nitrogens with one attached hydrogen (secondary N) is 2. The fourth-order valence-corrected chi connectivity index (χ4v) is 4.25. The largest absolute Gasteiger partial charge is 0.433 e. The molecule has 5 rings (SSSR count). The second-order valence-corrected chi connectivity index (χ2v) is 8.93. The van der Waals surface area contributed by atoms with Gasteiger partial charge in [-0.05, 0) is 41.5 Å². The third-order valence-corrected chi connectivity index (χ3v) is 6.21. The minimum atomic E-state index is -4.64. The number of carbonyl (C=O) groups is 1. The van der Waals surface area contributed by atoms with Crippen molar-refractivity contribution in [3.63, 3.8) is 0 Å². The Bertz CT molecular complexity index is 1440. The van der Waals surface area contributed by atoms with Gasteiger partial charge >= 0.3 is 6.18 Å². The number of anilines is 1. The summed E-state index contributed by atoms with van der Waals surface area (Å²) in [5.41, 5.74) is 1.77. The summed E-state index contributed by atoms with van der Waals surface area (Å²) in [6.45, 7) is 1.10. The number of hydrogen-bond acceptors (Lipinski definition) is 5. The first-order valence-electron chi connectivity index (χ1n) is 11.4. The number of aromatic amines is 1. The number of rotatable bonds is 5. The lowest BCUT2D eigenvalue weighted by Crippen LogP contribution is -2.38. The third kappa shape index (κ3) is 5.58. The molecule has 37 heavy (non-hydrogen) atoms. The van der Waals surface area contributed by atoms with Crippen LogP contribution in [0.1, 0.15) is 34.6 Å². The van der Waals surface area contributed by atoms with Gasteiger partial charge in [-0.3, -0.25) is 24.8 Å². The average Bonchev–Trinajstić information content (AvgIpc) is 3.29. The van der Waals surface area contributed by atoms with Crippen LogP contribution in [0.4, 0.5) is 27.6 Å². The number of likely N-dealkylation sites (tertiary alicyclic amines) is 1. The molecule has 0 atom stereocenters. The number of nitrogens with zero attached hydrogens (tertiary/aromatic N) is 4. The van der Waals surface area contributed by atoms with Crippen LogP contribution >= 0.6 is 0 Å². The van der Waals surface area contributed by atoms with E-state index in [1.807, 2.05) is 17.0 Å². The van der Waals surface area contributed by atoms with Crippen molar-refractivity contribution in [2.24, 2.45) is 0 Å². The zero-order valence-corrected chi connectivity index (χ0v) is 19.3. The van der Waals surface area contributed by atoms with Crippen molar-refractivity contribution < 1.29 is 26.7 Å². The number of alkyl halides is 5. The number of carbonyl (C=O) groups excluding carboxylic acids is 1. The molecule has 1 saturated heterocycles.